The molecular weight excluding hydrogens is 248 g/mol. The van der Waals surface area contributed by atoms with Crippen LogP contribution in [0.1, 0.15) is 23.6 Å². The Labute approximate surface area is 99.1 Å². The first-order valence-electron chi connectivity index (χ1n) is 4.64. The number of nitriles is 1. The molecule has 6 heteroatoms. The quantitative estimate of drug-likeness (QED) is 0.833. The monoisotopic (exact) mass is 258 g/mol. The fourth-order valence-electron chi connectivity index (χ4n) is 1.46. The van der Waals surface area contributed by atoms with E-state index in [1.165, 1.54) is 12.1 Å². The third-order valence-corrected chi connectivity index (χ3v) is 3.60. The third kappa shape index (κ3) is 2.53. The molecule has 0 spiro atoms. The molecule has 1 aromatic rings. The van der Waals surface area contributed by atoms with Crippen LogP contribution in [-0.2, 0) is 22.0 Å². The zero-order chi connectivity index (χ0) is 12.3. The molecule has 4 nitrogen and oxygen atoms in total. The summed E-state index contributed by atoms with van der Waals surface area (Å²) in [6, 6.07) is 4.79. The maximum absolute atomic E-state index is 11.2. The average molecular weight is 259 g/mol. The van der Waals surface area contributed by atoms with Crippen molar-refractivity contribution in [3.8, 4) is 6.07 Å². The van der Waals surface area contributed by atoms with Crippen LogP contribution in [0.15, 0.2) is 17.0 Å². The smallest absolute Gasteiger partial charge is 0.261 e. The van der Waals surface area contributed by atoms with Crippen molar-refractivity contribution in [3.63, 3.8) is 0 Å². The van der Waals surface area contributed by atoms with Crippen molar-refractivity contribution in [2.24, 2.45) is 5.73 Å². The van der Waals surface area contributed by atoms with Crippen LogP contribution in [-0.4, -0.2) is 8.42 Å². The van der Waals surface area contributed by atoms with E-state index in [9.17, 15) is 8.42 Å². The lowest BCUT2D eigenvalue weighted by molar-refractivity contribution is 0.609. The molecule has 1 aromatic carbocycles. The number of benzene rings is 1. The molecule has 0 heterocycles. The molecule has 0 atom stereocenters. The topological polar surface area (TPSA) is 83.9 Å². The van der Waals surface area contributed by atoms with Crippen LogP contribution in [0.2, 0.25) is 0 Å². The molecule has 0 aliphatic rings. The Morgan fingerprint density at radius 2 is 2.00 bits per heavy atom. The minimum absolute atomic E-state index is 0.00883. The minimum atomic E-state index is -3.79. The van der Waals surface area contributed by atoms with Gasteiger partial charge in [-0.1, -0.05) is 6.92 Å². The highest BCUT2D eigenvalue weighted by molar-refractivity contribution is 8.13. The molecule has 0 amide bonds. The minimum Gasteiger partial charge on any atom is -0.326 e. The number of hydrogen-bond donors (Lipinski definition) is 1. The molecule has 16 heavy (non-hydrogen) atoms. The van der Waals surface area contributed by atoms with Crippen molar-refractivity contribution in [3.05, 3.63) is 28.8 Å². The van der Waals surface area contributed by atoms with Crippen molar-refractivity contribution in [2.45, 2.75) is 24.8 Å². The molecule has 0 fully saturated rings. The van der Waals surface area contributed by atoms with Gasteiger partial charge in [0.2, 0.25) is 0 Å². The molecule has 0 bridgehead atoms. The van der Waals surface area contributed by atoms with Crippen molar-refractivity contribution < 1.29 is 8.42 Å². The summed E-state index contributed by atoms with van der Waals surface area (Å²) in [5.41, 5.74) is 7.06. The second-order valence-electron chi connectivity index (χ2n) is 3.22. The van der Waals surface area contributed by atoms with E-state index in [1.807, 2.05) is 13.0 Å². The van der Waals surface area contributed by atoms with E-state index in [4.69, 9.17) is 21.7 Å². The van der Waals surface area contributed by atoms with Crippen LogP contribution in [0.25, 0.3) is 0 Å². The summed E-state index contributed by atoms with van der Waals surface area (Å²) >= 11 is 0. The normalized spacial score (nSPS) is 11.1. The summed E-state index contributed by atoms with van der Waals surface area (Å²) in [5, 5.41) is 8.97. The molecule has 2 N–H and O–H groups in total. The lowest BCUT2D eigenvalue weighted by Crippen LogP contribution is -2.05. The highest BCUT2D eigenvalue weighted by atomic mass is 35.7. The molecule has 0 aliphatic carbocycles. The fraction of sp³-hybridized carbons (Fsp3) is 0.300. The number of nitrogens with zero attached hydrogens (tertiary/aromatic N) is 1. The van der Waals surface area contributed by atoms with Gasteiger partial charge in [0.25, 0.3) is 9.05 Å². The summed E-state index contributed by atoms with van der Waals surface area (Å²) in [6.07, 6.45) is 0.552. The van der Waals surface area contributed by atoms with Gasteiger partial charge in [-0.25, -0.2) is 8.42 Å². The van der Waals surface area contributed by atoms with E-state index < -0.39 is 9.05 Å². The lowest BCUT2D eigenvalue weighted by Gasteiger charge is -2.08. The van der Waals surface area contributed by atoms with E-state index in [1.54, 1.807) is 0 Å². The molecule has 0 unspecified atom stereocenters. The summed E-state index contributed by atoms with van der Waals surface area (Å²) < 4.78 is 22.4. The third-order valence-electron chi connectivity index (χ3n) is 2.27. The Balaban J connectivity index is 3.58. The zero-order valence-electron chi connectivity index (χ0n) is 8.70. The second kappa shape index (κ2) is 4.83. The Morgan fingerprint density at radius 1 is 1.44 bits per heavy atom. The molecular formula is C10H11ClN2O2S. The highest BCUT2D eigenvalue weighted by Gasteiger charge is 2.15. The van der Waals surface area contributed by atoms with Crippen molar-refractivity contribution >= 4 is 19.7 Å². The Kier molecular flexibility index (Phi) is 3.92. The zero-order valence-corrected chi connectivity index (χ0v) is 10.3. The summed E-state index contributed by atoms with van der Waals surface area (Å²) in [6.45, 7) is 1.94. The second-order valence-corrected chi connectivity index (χ2v) is 5.79. The van der Waals surface area contributed by atoms with Crippen LogP contribution < -0.4 is 5.73 Å². The fourth-order valence-corrected chi connectivity index (χ4v) is 2.29. The molecule has 0 saturated heterocycles. The van der Waals surface area contributed by atoms with Crippen LogP contribution >= 0.6 is 10.7 Å². The van der Waals surface area contributed by atoms with Crippen molar-refractivity contribution in [1.82, 2.24) is 0 Å². The number of halogens is 1. The Hall–Kier alpha value is -1.09. The van der Waals surface area contributed by atoms with Gasteiger partial charge in [-0.3, -0.25) is 0 Å². The van der Waals surface area contributed by atoms with E-state index in [0.29, 0.717) is 23.1 Å². The van der Waals surface area contributed by atoms with E-state index in [2.05, 4.69) is 0 Å². The van der Waals surface area contributed by atoms with Gasteiger partial charge in [0.05, 0.1) is 16.5 Å². The SMILES string of the molecule is CCc1cc(S(=O)(=O)Cl)cc(CN)c1C#N. The number of hydrogen-bond acceptors (Lipinski definition) is 4. The lowest BCUT2D eigenvalue weighted by atomic mass is 10.0. The largest absolute Gasteiger partial charge is 0.326 e. The van der Waals surface area contributed by atoms with Crippen LogP contribution in [0.4, 0.5) is 0 Å². The highest BCUT2D eigenvalue weighted by Crippen LogP contribution is 2.23. The summed E-state index contributed by atoms with van der Waals surface area (Å²) in [4.78, 5) is -0.00883. The van der Waals surface area contributed by atoms with Gasteiger partial charge in [-0.2, -0.15) is 5.26 Å². The first-order valence-corrected chi connectivity index (χ1v) is 6.95. The molecule has 0 aliphatic heterocycles. The average Bonchev–Trinajstić information content (AvgIpc) is 2.25. The van der Waals surface area contributed by atoms with Gasteiger partial charge in [0, 0.05) is 17.2 Å². The van der Waals surface area contributed by atoms with Gasteiger partial charge >= 0.3 is 0 Å². The van der Waals surface area contributed by atoms with E-state index in [-0.39, 0.29) is 11.4 Å². The van der Waals surface area contributed by atoms with Crippen LogP contribution in [0, 0.1) is 11.3 Å². The van der Waals surface area contributed by atoms with Gasteiger partial charge < -0.3 is 5.73 Å². The van der Waals surface area contributed by atoms with Gasteiger partial charge in [-0.05, 0) is 29.7 Å². The Morgan fingerprint density at radius 3 is 2.38 bits per heavy atom. The molecule has 0 saturated carbocycles. The molecule has 0 radical (unpaired) electrons. The molecule has 1 rings (SSSR count). The van der Waals surface area contributed by atoms with E-state index >= 15 is 0 Å². The first-order chi connectivity index (χ1) is 7.43. The molecule has 86 valence electrons. The maximum atomic E-state index is 11.2. The van der Waals surface area contributed by atoms with Crippen LogP contribution in [0.5, 0.6) is 0 Å². The van der Waals surface area contributed by atoms with Gasteiger partial charge in [0.15, 0.2) is 0 Å². The van der Waals surface area contributed by atoms with Gasteiger partial charge in [-0.15, -0.1) is 0 Å². The predicted octanol–water partition coefficient (Wildman–Crippen LogP) is 1.51. The molecule has 0 aromatic heterocycles. The van der Waals surface area contributed by atoms with Crippen molar-refractivity contribution in [1.29, 1.82) is 5.26 Å². The number of nitrogens with two attached hydrogens (primary N) is 1. The predicted molar refractivity (Wildman–Crippen MR) is 61.5 cm³/mol. The standard InChI is InChI=1S/C10H11ClN2O2S/c1-2-7-3-9(16(11,14)15)4-8(5-12)10(7)6-13/h3-4H,2,5,12H2,1H3. The summed E-state index contributed by atoms with van der Waals surface area (Å²) in [7, 11) is 1.47. The maximum Gasteiger partial charge on any atom is 0.261 e. The first kappa shape index (κ1) is 13.0. The van der Waals surface area contributed by atoms with Crippen molar-refractivity contribution in [2.75, 3.05) is 0 Å². The van der Waals surface area contributed by atoms with Gasteiger partial charge in [0.1, 0.15) is 0 Å². The Bertz CT molecular complexity index is 521. The number of rotatable bonds is 3. The van der Waals surface area contributed by atoms with E-state index in [0.717, 1.165) is 0 Å². The van der Waals surface area contributed by atoms with Crippen LogP contribution in [0.3, 0.4) is 0 Å². The summed E-state index contributed by atoms with van der Waals surface area (Å²) in [5.74, 6) is 0. The number of aryl methyl sites for hydroxylation is 1.